The van der Waals surface area contributed by atoms with Crippen molar-refractivity contribution in [3.63, 3.8) is 0 Å². The van der Waals surface area contributed by atoms with Crippen LogP contribution >= 0.6 is 0 Å². The van der Waals surface area contributed by atoms with Gasteiger partial charge in [-0.2, -0.15) is 5.26 Å². The molecule has 0 radical (unpaired) electrons. The zero-order valence-corrected chi connectivity index (χ0v) is 10.6. The van der Waals surface area contributed by atoms with Crippen molar-refractivity contribution in [3.05, 3.63) is 59.8 Å². The predicted octanol–water partition coefficient (Wildman–Crippen LogP) is 3.33. The largest absolute Gasteiger partial charge is 0.468 e. The first-order chi connectivity index (χ1) is 9.28. The zero-order chi connectivity index (χ0) is 13.5. The molecule has 2 aromatic rings. The second kappa shape index (κ2) is 6.72. The summed E-state index contributed by atoms with van der Waals surface area (Å²) in [5.74, 6) is 0.602. The Bertz CT molecular complexity index is 546. The highest BCUT2D eigenvalue weighted by molar-refractivity contribution is 5.16. The first kappa shape index (κ1) is 13.3. The molecular weight excluding hydrogens is 243 g/mol. The van der Waals surface area contributed by atoms with Gasteiger partial charge in [0.2, 0.25) is 0 Å². The maximum atomic E-state index is 13.2. The minimum absolute atomic E-state index is 0.240. The van der Waals surface area contributed by atoms with Crippen LogP contribution in [0.3, 0.4) is 0 Å². The lowest BCUT2D eigenvalue weighted by atomic mass is 10.2. The molecule has 4 heteroatoms. The highest BCUT2D eigenvalue weighted by Gasteiger charge is 2.09. The van der Waals surface area contributed by atoms with Crippen molar-refractivity contribution in [2.45, 2.75) is 19.5 Å². The Kier molecular flexibility index (Phi) is 4.71. The average molecular weight is 258 g/mol. The van der Waals surface area contributed by atoms with Crippen molar-refractivity contribution in [2.75, 3.05) is 6.54 Å². The highest BCUT2D eigenvalue weighted by atomic mass is 19.1. The Labute approximate surface area is 111 Å². The molecule has 98 valence electrons. The van der Waals surface area contributed by atoms with Gasteiger partial charge in [0.05, 0.1) is 18.9 Å². The maximum Gasteiger partial charge on any atom is 0.123 e. The van der Waals surface area contributed by atoms with Crippen molar-refractivity contribution in [1.82, 2.24) is 4.90 Å². The minimum atomic E-state index is -0.240. The number of nitrogens with zero attached hydrogens (tertiary/aromatic N) is 2. The van der Waals surface area contributed by atoms with E-state index in [0.717, 1.165) is 11.3 Å². The first-order valence-corrected chi connectivity index (χ1v) is 6.14. The second-order valence-corrected chi connectivity index (χ2v) is 4.33. The fourth-order valence-electron chi connectivity index (χ4n) is 1.94. The van der Waals surface area contributed by atoms with Gasteiger partial charge in [-0.25, -0.2) is 4.39 Å². The molecule has 0 unspecified atom stereocenters. The summed E-state index contributed by atoms with van der Waals surface area (Å²) < 4.78 is 18.5. The Balaban J connectivity index is 2.03. The number of halogens is 1. The molecule has 0 atom stereocenters. The molecule has 0 aliphatic rings. The number of hydrogen-bond acceptors (Lipinski definition) is 3. The van der Waals surface area contributed by atoms with Crippen LogP contribution < -0.4 is 0 Å². The van der Waals surface area contributed by atoms with Crippen LogP contribution in [0.5, 0.6) is 0 Å². The van der Waals surface area contributed by atoms with Gasteiger partial charge in [0, 0.05) is 19.5 Å². The Morgan fingerprint density at radius 3 is 2.79 bits per heavy atom. The van der Waals surface area contributed by atoms with Crippen molar-refractivity contribution >= 4 is 0 Å². The summed E-state index contributed by atoms with van der Waals surface area (Å²) in [5, 5.41) is 8.69. The van der Waals surface area contributed by atoms with E-state index < -0.39 is 0 Å². The summed E-state index contributed by atoms with van der Waals surface area (Å²) in [6, 6.07) is 12.4. The van der Waals surface area contributed by atoms with Crippen LogP contribution in [-0.2, 0) is 13.1 Å². The van der Waals surface area contributed by atoms with Gasteiger partial charge in [0.15, 0.2) is 0 Å². The molecule has 1 aromatic carbocycles. The van der Waals surface area contributed by atoms with Crippen LogP contribution in [0.4, 0.5) is 4.39 Å². The molecule has 1 aromatic heterocycles. The topological polar surface area (TPSA) is 40.2 Å². The zero-order valence-electron chi connectivity index (χ0n) is 10.6. The van der Waals surface area contributed by atoms with E-state index in [1.165, 1.54) is 12.1 Å². The van der Waals surface area contributed by atoms with Crippen molar-refractivity contribution < 1.29 is 8.81 Å². The van der Waals surface area contributed by atoms with E-state index >= 15 is 0 Å². The fraction of sp³-hybridized carbons (Fsp3) is 0.267. The summed E-state index contributed by atoms with van der Waals surface area (Å²) in [5.41, 5.74) is 0.893. The van der Waals surface area contributed by atoms with E-state index in [-0.39, 0.29) is 5.82 Å². The molecular formula is C15H15FN2O. The third kappa shape index (κ3) is 4.23. The fourth-order valence-corrected chi connectivity index (χ4v) is 1.94. The standard InChI is InChI=1S/C15H15FN2O/c16-14-5-1-4-13(10-14)11-18(8-3-7-17)12-15-6-2-9-19-15/h1-2,4-6,9-10H,3,8,11-12H2. The number of benzene rings is 1. The molecule has 0 spiro atoms. The van der Waals surface area contributed by atoms with Gasteiger partial charge in [-0.3, -0.25) is 4.90 Å². The van der Waals surface area contributed by atoms with Crippen molar-refractivity contribution in [2.24, 2.45) is 0 Å². The van der Waals surface area contributed by atoms with Crippen molar-refractivity contribution in [3.8, 4) is 6.07 Å². The first-order valence-electron chi connectivity index (χ1n) is 6.14. The lowest BCUT2D eigenvalue weighted by Crippen LogP contribution is -2.23. The molecule has 3 nitrogen and oxygen atoms in total. The molecule has 0 aliphatic carbocycles. The predicted molar refractivity (Wildman–Crippen MR) is 69.5 cm³/mol. The molecule has 0 fully saturated rings. The van der Waals surface area contributed by atoms with E-state index in [0.29, 0.717) is 26.1 Å². The van der Waals surface area contributed by atoms with Gasteiger partial charge < -0.3 is 4.42 Å². The van der Waals surface area contributed by atoms with Crippen LogP contribution in [0.1, 0.15) is 17.7 Å². The van der Waals surface area contributed by atoms with E-state index in [1.54, 1.807) is 12.3 Å². The second-order valence-electron chi connectivity index (χ2n) is 4.33. The third-order valence-electron chi connectivity index (χ3n) is 2.79. The lowest BCUT2D eigenvalue weighted by Gasteiger charge is -2.20. The summed E-state index contributed by atoms with van der Waals surface area (Å²) in [7, 11) is 0. The van der Waals surface area contributed by atoms with E-state index in [2.05, 4.69) is 11.0 Å². The average Bonchev–Trinajstić information content (AvgIpc) is 2.89. The van der Waals surface area contributed by atoms with Gasteiger partial charge >= 0.3 is 0 Å². The monoisotopic (exact) mass is 258 g/mol. The Morgan fingerprint density at radius 2 is 2.11 bits per heavy atom. The van der Waals surface area contributed by atoms with Crippen LogP contribution in [0.2, 0.25) is 0 Å². The molecule has 2 rings (SSSR count). The summed E-state index contributed by atoms with van der Waals surface area (Å²) >= 11 is 0. The van der Waals surface area contributed by atoms with Crippen LogP contribution in [0.25, 0.3) is 0 Å². The quantitative estimate of drug-likeness (QED) is 0.797. The summed E-state index contributed by atoms with van der Waals surface area (Å²) in [6.45, 7) is 1.85. The number of hydrogen-bond donors (Lipinski definition) is 0. The molecule has 0 aliphatic heterocycles. The molecule has 0 amide bonds. The highest BCUT2D eigenvalue weighted by Crippen LogP contribution is 2.12. The van der Waals surface area contributed by atoms with Gasteiger partial charge in [0.1, 0.15) is 11.6 Å². The Morgan fingerprint density at radius 1 is 1.21 bits per heavy atom. The van der Waals surface area contributed by atoms with Crippen molar-refractivity contribution in [1.29, 1.82) is 5.26 Å². The minimum Gasteiger partial charge on any atom is -0.468 e. The van der Waals surface area contributed by atoms with Gasteiger partial charge in [-0.15, -0.1) is 0 Å². The number of nitriles is 1. The van der Waals surface area contributed by atoms with Gasteiger partial charge in [-0.1, -0.05) is 12.1 Å². The number of rotatable bonds is 6. The van der Waals surface area contributed by atoms with Gasteiger partial charge in [-0.05, 0) is 29.8 Å². The molecule has 19 heavy (non-hydrogen) atoms. The van der Waals surface area contributed by atoms with E-state index in [4.69, 9.17) is 9.68 Å². The molecule has 1 heterocycles. The lowest BCUT2D eigenvalue weighted by molar-refractivity contribution is 0.240. The summed E-state index contributed by atoms with van der Waals surface area (Å²) in [4.78, 5) is 2.07. The smallest absolute Gasteiger partial charge is 0.123 e. The normalized spacial score (nSPS) is 10.6. The van der Waals surface area contributed by atoms with Gasteiger partial charge in [0.25, 0.3) is 0 Å². The van der Waals surface area contributed by atoms with Crippen LogP contribution in [0, 0.1) is 17.1 Å². The molecule has 0 N–H and O–H groups in total. The van der Waals surface area contributed by atoms with E-state index in [1.807, 2.05) is 18.2 Å². The molecule has 0 saturated heterocycles. The number of furan rings is 1. The SMILES string of the molecule is N#CCCN(Cc1cccc(F)c1)Cc1ccco1. The summed E-state index contributed by atoms with van der Waals surface area (Å²) in [6.07, 6.45) is 2.07. The van der Waals surface area contributed by atoms with Crippen LogP contribution in [0.15, 0.2) is 47.1 Å². The maximum absolute atomic E-state index is 13.2. The van der Waals surface area contributed by atoms with Crippen LogP contribution in [-0.4, -0.2) is 11.4 Å². The van der Waals surface area contributed by atoms with E-state index in [9.17, 15) is 4.39 Å². The Hall–Kier alpha value is -2.12. The molecule has 0 saturated carbocycles. The third-order valence-corrected chi connectivity index (χ3v) is 2.79. The molecule has 0 bridgehead atoms.